The second kappa shape index (κ2) is 7.91. The van der Waals surface area contributed by atoms with Gasteiger partial charge in [0.25, 0.3) is 0 Å². The molecule has 1 fully saturated rings. The van der Waals surface area contributed by atoms with E-state index < -0.39 is 23.8 Å². The van der Waals surface area contributed by atoms with Gasteiger partial charge in [0.05, 0.1) is 7.11 Å². The Morgan fingerprint density at radius 3 is 2.57 bits per heavy atom. The summed E-state index contributed by atoms with van der Waals surface area (Å²) in [7, 11) is 1.53. The smallest absolute Gasteiger partial charge is 0.435 e. The quantitative estimate of drug-likeness (QED) is 0.843. The van der Waals surface area contributed by atoms with Crippen LogP contribution in [0.3, 0.4) is 0 Å². The highest BCUT2D eigenvalue weighted by atomic mass is 19.4. The summed E-state index contributed by atoms with van der Waals surface area (Å²) in [5.74, 6) is -0.148. The van der Waals surface area contributed by atoms with E-state index in [9.17, 15) is 22.8 Å². The number of rotatable bonds is 5. The van der Waals surface area contributed by atoms with Crippen molar-refractivity contribution in [2.45, 2.75) is 31.6 Å². The van der Waals surface area contributed by atoms with Gasteiger partial charge in [-0.3, -0.25) is 14.3 Å². The highest BCUT2D eigenvalue weighted by Gasteiger charge is 2.36. The molecule has 1 aliphatic heterocycles. The molecule has 7 nitrogen and oxygen atoms in total. The minimum Gasteiger partial charge on any atom is -0.497 e. The maximum absolute atomic E-state index is 12.6. The number of ether oxygens (including phenoxy) is 1. The maximum Gasteiger partial charge on any atom is 0.435 e. The SMILES string of the molecule is COc1ccc(NC(=O)C2CCCN2C(=O)Cn2ccc(C(F)(F)F)n2)cc1. The van der Waals surface area contributed by atoms with Crippen LogP contribution in [0.15, 0.2) is 36.5 Å². The molecule has 0 saturated carbocycles. The van der Waals surface area contributed by atoms with Gasteiger partial charge >= 0.3 is 6.18 Å². The molecule has 1 aromatic heterocycles. The predicted octanol–water partition coefficient (Wildman–Crippen LogP) is 2.54. The van der Waals surface area contributed by atoms with Gasteiger partial charge in [-0.1, -0.05) is 0 Å². The topological polar surface area (TPSA) is 76.5 Å². The summed E-state index contributed by atoms with van der Waals surface area (Å²) in [5, 5.41) is 6.13. The summed E-state index contributed by atoms with van der Waals surface area (Å²) >= 11 is 0. The van der Waals surface area contributed by atoms with Gasteiger partial charge in [-0.15, -0.1) is 0 Å². The van der Waals surface area contributed by atoms with Crippen molar-refractivity contribution in [1.29, 1.82) is 0 Å². The number of anilines is 1. The summed E-state index contributed by atoms with van der Waals surface area (Å²) < 4.78 is 43.9. The molecule has 2 heterocycles. The Kier molecular flexibility index (Phi) is 5.57. The summed E-state index contributed by atoms with van der Waals surface area (Å²) in [4.78, 5) is 26.5. The Balaban J connectivity index is 1.63. The Labute approximate surface area is 159 Å². The molecule has 28 heavy (non-hydrogen) atoms. The van der Waals surface area contributed by atoms with Crippen LogP contribution in [-0.2, 0) is 22.3 Å². The van der Waals surface area contributed by atoms with Crippen molar-refractivity contribution in [3.05, 3.63) is 42.2 Å². The molecular formula is C18H19F3N4O3. The first-order valence-corrected chi connectivity index (χ1v) is 8.63. The van der Waals surface area contributed by atoms with Gasteiger partial charge in [-0.05, 0) is 43.2 Å². The molecule has 0 aliphatic carbocycles. The van der Waals surface area contributed by atoms with Crippen molar-refractivity contribution >= 4 is 17.5 Å². The van der Waals surface area contributed by atoms with E-state index in [4.69, 9.17) is 4.74 Å². The third-order valence-corrected chi connectivity index (χ3v) is 4.46. The van der Waals surface area contributed by atoms with E-state index in [1.165, 1.54) is 12.0 Å². The van der Waals surface area contributed by atoms with Crippen LogP contribution < -0.4 is 10.1 Å². The number of nitrogens with zero attached hydrogens (tertiary/aromatic N) is 3. The van der Waals surface area contributed by atoms with E-state index in [1.807, 2.05) is 0 Å². The van der Waals surface area contributed by atoms with Gasteiger partial charge < -0.3 is 15.0 Å². The minimum absolute atomic E-state index is 0.340. The molecule has 1 atom stereocenters. The van der Waals surface area contributed by atoms with E-state index in [0.29, 0.717) is 30.8 Å². The minimum atomic E-state index is -4.57. The monoisotopic (exact) mass is 396 g/mol. The maximum atomic E-state index is 12.6. The second-order valence-electron chi connectivity index (χ2n) is 6.36. The summed E-state index contributed by atoms with van der Waals surface area (Å²) in [5.41, 5.74) is -0.498. The van der Waals surface area contributed by atoms with Gasteiger partial charge in [-0.25, -0.2) is 0 Å². The number of hydrogen-bond acceptors (Lipinski definition) is 4. The van der Waals surface area contributed by atoms with E-state index in [0.717, 1.165) is 16.9 Å². The van der Waals surface area contributed by atoms with Crippen molar-refractivity contribution in [3.63, 3.8) is 0 Å². The van der Waals surface area contributed by atoms with E-state index in [2.05, 4.69) is 10.4 Å². The Morgan fingerprint density at radius 1 is 1.25 bits per heavy atom. The number of hydrogen-bond donors (Lipinski definition) is 1. The molecule has 3 rings (SSSR count). The number of amides is 2. The molecule has 2 aromatic rings. The standard InChI is InChI=1S/C18H19F3N4O3/c1-28-13-6-4-12(5-7-13)22-17(27)14-3-2-9-25(14)16(26)11-24-10-8-15(23-24)18(19,20)21/h4-8,10,14H,2-3,9,11H2,1H3,(H,22,27). The van der Waals surface area contributed by atoms with E-state index >= 15 is 0 Å². The first-order chi connectivity index (χ1) is 13.3. The van der Waals surface area contributed by atoms with Crippen molar-refractivity contribution in [1.82, 2.24) is 14.7 Å². The largest absolute Gasteiger partial charge is 0.497 e. The van der Waals surface area contributed by atoms with Gasteiger partial charge in [0.2, 0.25) is 11.8 Å². The Morgan fingerprint density at radius 2 is 1.96 bits per heavy atom. The van der Waals surface area contributed by atoms with Gasteiger partial charge in [0.15, 0.2) is 5.69 Å². The molecule has 1 aliphatic rings. The predicted molar refractivity (Wildman–Crippen MR) is 93.6 cm³/mol. The number of likely N-dealkylation sites (tertiary alicyclic amines) is 1. The van der Waals surface area contributed by atoms with Gasteiger partial charge in [-0.2, -0.15) is 18.3 Å². The van der Waals surface area contributed by atoms with Crippen LogP contribution in [0.5, 0.6) is 5.75 Å². The zero-order valence-corrected chi connectivity index (χ0v) is 15.1. The molecule has 1 aromatic carbocycles. The number of aromatic nitrogens is 2. The first kappa shape index (κ1) is 19.7. The summed E-state index contributed by atoms with van der Waals surface area (Å²) in [6, 6.07) is 6.89. The average Bonchev–Trinajstić information content (AvgIpc) is 3.31. The molecule has 1 N–H and O–H groups in total. The fourth-order valence-electron chi connectivity index (χ4n) is 3.07. The van der Waals surface area contributed by atoms with Crippen LogP contribution in [0.25, 0.3) is 0 Å². The number of halogens is 3. The van der Waals surface area contributed by atoms with Gasteiger partial charge in [0.1, 0.15) is 18.3 Å². The van der Waals surface area contributed by atoms with Gasteiger partial charge in [0, 0.05) is 18.4 Å². The lowest BCUT2D eigenvalue weighted by Gasteiger charge is -2.24. The van der Waals surface area contributed by atoms with Crippen LogP contribution in [-0.4, -0.2) is 46.2 Å². The second-order valence-corrected chi connectivity index (χ2v) is 6.36. The fraction of sp³-hybridized carbons (Fsp3) is 0.389. The third-order valence-electron chi connectivity index (χ3n) is 4.46. The van der Waals surface area contributed by atoms with Crippen molar-refractivity contribution in [2.75, 3.05) is 19.0 Å². The van der Waals surface area contributed by atoms with Crippen LogP contribution in [0, 0.1) is 0 Å². The lowest BCUT2D eigenvalue weighted by atomic mass is 10.2. The number of nitrogens with one attached hydrogen (secondary N) is 1. The lowest BCUT2D eigenvalue weighted by molar-refractivity contribution is -0.142. The molecule has 0 radical (unpaired) electrons. The number of methoxy groups -OCH3 is 1. The molecule has 150 valence electrons. The number of benzene rings is 1. The van der Waals surface area contributed by atoms with Crippen LogP contribution >= 0.6 is 0 Å². The van der Waals surface area contributed by atoms with E-state index in [1.54, 1.807) is 24.3 Å². The zero-order valence-electron chi connectivity index (χ0n) is 15.1. The van der Waals surface area contributed by atoms with Crippen molar-refractivity contribution in [2.24, 2.45) is 0 Å². The molecule has 1 unspecified atom stereocenters. The lowest BCUT2D eigenvalue weighted by Crippen LogP contribution is -2.44. The molecule has 2 amide bonds. The molecule has 1 saturated heterocycles. The number of carbonyl (C=O) groups excluding carboxylic acids is 2. The average molecular weight is 396 g/mol. The van der Waals surface area contributed by atoms with Crippen molar-refractivity contribution < 1.29 is 27.5 Å². The van der Waals surface area contributed by atoms with E-state index in [-0.39, 0.29) is 12.5 Å². The summed E-state index contributed by atoms with van der Waals surface area (Å²) in [6.07, 6.45) is -2.34. The Hall–Kier alpha value is -3.04. The highest BCUT2D eigenvalue weighted by molar-refractivity contribution is 5.97. The Bertz CT molecular complexity index is 849. The normalized spacial score (nSPS) is 16.9. The molecule has 0 spiro atoms. The van der Waals surface area contributed by atoms with Crippen LogP contribution in [0.1, 0.15) is 18.5 Å². The molecular weight excluding hydrogens is 377 g/mol. The number of alkyl halides is 3. The van der Waals surface area contributed by atoms with Crippen LogP contribution in [0.2, 0.25) is 0 Å². The zero-order chi connectivity index (χ0) is 20.3. The molecule has 0 bridgehead atoms. The van der Waals surface area contributed by atoms with Crippen LogP contribution in [0.4, 0.5) is 18.9 Å². The summed E-state index contributed by atoms with van der Waals surface area (Å²) in [6.45, 7) is 0.00925. The highest BCUT2D eigenvalue weighted by Crippen LogP contribution is 2.27. The first-order valence-electron chi connectivity index (χ1n) is 8.63. The van der Waals surface area contributed by atoms with Crippen molar-refractivity contribution in [3.8, 4) is 5.75 Å². The molecule has 10 heteroatoms. The fourth-order valence-corrected chi connectivity index (χ4v) is 3.07. The third kappa shape index (κ3) is 4.44. The number of carbonyl (C=O) groups is 2.